The Morgan fingerprint density at radius 2 is 1.77 bits per heavy atom. The zero-order valence-corrected chi connectivity index (χ0v) is 16.2. The van der Waals surface area contributed by atoms with Gasteiger partial charge in [-0.25, -0.2) is 0 Å². The number of carbonyl (C=O) groups is 2. The van der Waals surface area contributed by atoms with E-state index in [0.29, 0.717) is 25.2 Å². The van der Waals surface area contributed by atoms with E-state index in [1.165, 1.54) is 5.56 Å². The number of rotatable bonds is 5. The van der Waals surface area contributed by atoms with Crippen molar-refractivity contribution < 1.29 is 9.59 Å². The molecule has 0 atom stereocenters. The predicted octanol–water partition coefficient (Wildman–Crippen LogP) is 3.66. The van der Waals surface area contributed by atoms with Crippen LogP contribution in [-0.4, -0.2) is 36.3 Å². The molecule has 1 aliphatic rings. The number of likely N-dealkylation sites (tertiary alicyclic amines) is 1. The lowest BCUT2D eigenvalue weighted by Gasteiger charge is -2.31. The van der Waals surface area contributed by atoms with Gasteiger partial charge in [0.1, 0.15) is 0 Å². The average Bonchev–Trinajstić information content (AvgIpc) is 2.68. The Morgan fingerprint density at radius 1 is 1.04 bits per heavy atom. The summed E-state index contributed by atoms with van der Waals surface area (Å²) in [5.41, 5.74) is 1.91. The lowest BCUT2D eigenvalue weighted by Crippen LogP contribution is -2.43. The lowest BCUT2D eigenvalue weighted by molar-refractivity contribution is -0.126. The molecule has 1 N–H and O–H groups in total. The molecule has 0 aliphatic carbocycles. The van der Waals surface area contributed by atoms with Gasteiger partial charge < -0.3 is 10.2 Å². The number of carbonyl (C=O) groups excluding carboxylic acids is 2. The fourth-order valence-corrected chi connectivity index (χ4v) is 3.67. The largest absolute Gasteiger partial charge is 0.356 e. The van der Waals surface area contributed by atoms with E-state index < -0.39 is 0 Å². The van der Waals surface area contributed by atoms with Crippen LogP contribution < -0.4 is 5.32 Å². The van der Waals surface area contributed by atoms with Crippen molar-refractivity contribution in [3.05, 3.63) is 70.2 Å². The molecule has 5 heteroatoms. The number of piperidine rings is 1. The zero-order valence-electron chi connectivity index (χ0n) is 14.7. The maximum Gasteiger partial charge on any atom is 0.253 e. The van der Waals surface area contributed by atoms with Gasteiger partial charge in [-0.05, 0) is 43.0 Å². The second-order valence-electron chi connectivity index (χ2n) is 6.60. The van der Waals surface area contributed by atoms with Crippen LogP contribution in [0.5, 0.6) is 0 Å². The molecule has 0 radical (unpaired) electrons. The number of hydrogen-bond donors (Lipinski definition) is 1. The van der Waals surface area contributed by atoms with Gasteiger partial charge in [-0.3, -0.25) is 9.59 Å². The molecule has 0 spiro atoms. The Bertz CT molecular complexity index is 756. The molecule has 1 aliphatic heterocycles. The van der Waals surface area contributed by atoms with Gasteiger partial charge in [-0.1, -0.05) is 52.3 Å². The van der Waals surface area contributed by atoms with Crippen molar-refractivity contribution >= 4 is 27.7 Å². The molecule has 2 aromatic rings. The quantitative estimate of drug-likeness (QED) is 0.811. The molecule has 1 saturated heterocycles. The molecule has 0 bridgehead atoms. The first-order valence-corrected chi connectivity index (χ1v) is 9.79. The van der Waals surface area contributed by atoms with Crippen molar-refractivity contribution in [3.63, 3.8) is 0 Å². The molecule has 2 aromatic carbocycles. The second kappa shape index (κ2) is 8.99. The summed E-state index contributed by atoms with van der Waals surface area (Å²) in [6.07, 6.45) is 2.28. The minimum atomic E-state index is -0.00247. The van der Waals surface area contributed by atoms with Crippen LogP contribution in [0.1, 0.15) is 28.8 Å². The molecule has 0 unspecified atom stereocenters. The normalized spacial score (nSPS) is 14.9. The first-order chi connectivity index (χ1) is 12.6. The minimum Gasteiger partial charge on any atom is -0.356 e. The molecule has 26 heavy (non-hydrogen) atoms. The fourth-order valence-electron chi connectivity index (χ4n) is 3.27. The van der Waals surface area contributed by atoms with Crippen molar-refractivity contribution in [1.29, 1.82) is 0 Å². The highest BCUT2D eigenvalue weighted by atomic mass is 79.9. The maximum absolute atomic E-state index is 12.6. The van der Waals surface area contributed by atoms with Gasteiger partial charge in [0.2, 0.25) is 5.91 Å². The highest BCUT2D eigenvalue weighted by molar-refractivity contribution is 9.10. The average molecular weight is 415 g/mol. The van der Waals surface area contributed by atoms with Crippen LogP contribution >= 0.6 is 15.9 Å². The van der Waals surface area contributed by atoms with Gasteiger partial charge >= 0.3 is 0 Å². The lowest BCUT2D eigenvalue weighted by atomic mass is 9.95. The summed E-state index contributed by atoms with van der Waals surface area (Å²) in [4.78, 5) is 26.8. The first-order valence-electron chi connectivity index (χ1n) is 9.00. The smallest absolute Gasteiger partial charge is 0.253 e. The van der Waals surface area contributed by atoms with E-state index in [9.17, 15) is 9.59 Å². The standard InChI is InChI=1S/C21H23BrN2O2/c22-19-8-4-7-18(15-19)21(26)24-13-10-17(11-14-24)20(25)23-12-9-16-5-2-1-3-6-16/h1-8,15,17H,9-14H2,(H,23,25). The van der Waals surface area contributed by atoms with E-state index in [4.69, 9.17) is 0 Å². The molecular weight excluding hydrogens is 392 g/mol. The molecule has 1 heterocycles. The highest BCUT2D eigenvalue weighted by Gasteiger charge is 2.27. The number of benzene rings is 2. The van der Waals surface area contributed by atoms with E-state index in [-0.39, 0.29) is 17.7 Å². The number of nitrogens with zero attached hydrogens (tertiary/aromatic N) is 1. The summed E-state index contributed by atoms with van der Waals surface area (Å²) >= 11 is 3.40. The third kappa shape index (κ3) is 4.94. The molecule has 3 rings (SSSR count). The molecule has 136 valence electrons. The third-order valence-corrected chi connectivity index (χ3v) is 5.27. The van der Waals surface area contributed by atoms with Gasteiger partial charge in [0.25, 0.3) is 5.91 Å². The molecule has 4 nitrogen and oxygen atoms in total. The van der Waals surface area contributed by atoms with E-state index >= 15 is 0 Å². The number of nitrogens with one attached hydrogen (secondary N) is 1. The number of amides is 2. The van der Waals surface area contributed by atoms with Gasteiger partial charge in [-0.2, -0.15) is 0 Å². The van der Waals surface area contributed by atoms with Crippen LogP contribution in [0, 0.1) is 5.92 Å². The van der Waals surface area contributed by atoms with Crippen molar-refractivity contribution in [1.82, 2.24) is 10.2 Å². The van der Waals surface area contributed by atoms with E-state index in [0.717, 1.165) is 23.7 Å². The summed E-state index contributed by atoms with van der Waals surface area (Å²) in [6.45, 7) is 1.91. The van der Waals surface area contributed by atoms with Crippen molar-refractivity contribution in [2.75, 3.05) is 19.6 Å². The fraction of sp³-hybridized carbons (Fsp3) is 0.333. The SMILES string of the molecule is O=C(NCCc1ccccc1)C1CCN(C(=O)c2cccc(Br)c2)CC1. The summed E-state index contributed by atoms with van der Waals surface area (Å²) in [5, 5.41) is 3.04. The Balaban J connectivity index is 1.44. The van der Waals surface area contributed by atoms with Crippen molar-refractivity contribution in [2.45, 2.75) is 19.3 Å². The molecular formula is C21H23BrN2O2. The zero-order chi connectivity index (χ0) is 18.4. The van der Waals surface area contributed by atoms with E-state index in [1.807, 2.05) is 47.4 Å². The molecule has 0 aromatic heterocycles. The summed E-state index contributed by atoms with van der Waals surface area (Å²) in [7, 11) is 0. The van der Waals surface area contributed by atoms with Crippen LogP contribution in [0.3, 0.4) is 0 Å². The Labute approximate surface area is 162 Å². The van der Waals surface area contributed by atoms with Crippen molar-refractivity contribution in [2.24, 2.45) is 5.92 Å². The summed E-state index contributed by atoms with van der Waals surface area (Å²) in [6, 6.07) is 17.6. The van der Waals surface area contributed by atoms with Crippen LogP contribution in [0.25, 0.3) is 0 Å². The van der Waals surface area contributed by atoms with Crippen LogP contribution in [0.4, 0.5) is 0 Å². The predicted molar refractivity (Wildman–Crippen MR) is 106 cm³/mol. The van der Waals surface area contributed by atoms with Crippen LogP contribution in [0.15, 0.2) is 59.1 Å². The monoisotopic (exact) mass is 414 g/mol. The maximum atomic E-state index is 12.6. The Morgan fingerprint density at radius 3 is 2.46 bits per heavy atom. The van der Waals surface area contributed by atoms with Gasteiger partial charge in [0.05, 0.1) is 0 Å². The van der Waals surface area contributed by atoms with Crippen LogP contribution in [0.2, 0.25) is 0 Å². The van der Waals surface area contributed by atoms with Crippen molar-refractivity contribution in [3.8, 4) is 0 Å². The Kier molecular flexibility index (Phi) is 6.45. The minimum absolute atomic E-state index is 0.00247. The topological polar surface area (TPSA) is 49.4 Å². The number of hydrogen-bond acceptors (Lipinski definition) is 2. The van der Waals surface area contributed by atoms with E-state index in [2.05, 4.69) is 33.4 Å². The third-order valence-electron chi connectivity index (χ3n) is 4.78. The summed E-state index contributed by atoms with van der Waals surface area (Å²) in [5.74, 6) is 0.141. The highest BCUT2D eigenvalue weighted by Crippen LogP contribution is 2.20. The Hall–Kier alpha value is -2.14. The number of halogens is 1. The molecule has 1 fully saturated rings. The van der Waals surface area contributed by atoms with E-state index in [1.54, 1.807) is 0 Å². The first kappa shape index (κ1) is 18.6. The summed E-state index contributed by atoms with van der Waals surface area (Å²) < 4.78 is 0.899. The van der Waals surface area contributed by atoms with Crippen LogP contribution in [-0.2, 0) is 11.2 Å². The van der Waals surface area contributed by atoms with Gasteiger partial charge in [0.15, 0.2) is 0 Å². The second-order valence-corrected chi connectivity index (χ2v) is 7.52. The van der Waals surface area contributed by atoms with Gasteiger partial charge in [-0.15, -0.1) is 0 Å². The molecule has 2 amide bonds. The molecule has 0 saturated carbocycles. The van der Waals surface area contributed by atoms with Gasteiger partial charge in [0, 0.05) is 35.6 Å².